The van der Waals surface area contributed by atoms with Crippen LogP contribution < -0.4 is 9.47 Å². The number of rotatable bonds is 3. The average molecular weight is 316 g/mol. The van der Waals surface area contributed by atoms with Gasteiger partial charge in [-0.3, -0.25) is 4.90 Å². The van der Waals surface area contributed by atoms with Gasteiger partial charge in [-0.15, -0.1) is 0 Å². The number of β-amino-alcohol motifs (C(OH)–C–C–N with tert-alkyl or cyclic N) is 1. The second-order valence-electron chi connectivity index (χ2n) is 6.18. The Labute approximate surface area is 134 Å². The van der Waals surface area contributed by atoms with Gasteiger partial charge < -0.3 is 14.6 Å². The maximum absolute atomic E-state index is 10.9. The summed E-state index contributed by atoms with van der Waals surface area (Å²) in [4.78, 5) is 2.24. The number of nitrogens with one attached hydrogen (secondary N) is 1. The van der Waals surface area contributed by atoms with Crippen LogP contribution in [0.2, 0.25) is 0 Å². The molecule has 2 aliphatic rings. The fourth-order valence-electron chi connectivity index (χ4n) is 3.34. The minimum atomic E-state index is -0.931. The van der Waals surface area contributed by atoms with Gasteiger partial charge in [0.1, 0.15) is 24.5 Å². The molecule has 2 aliphatic heterocycles. The molecule has 7 heteroatoms. The number of hydrogen-bond acceptors (Lipinski definition) is 6. The van der Waals surface area contributed by atoms with Gasteiger partial charge in [0.05, 0.1) is 6.20 Å². The number of piperidine rings is 1. The molecular formula is C16H20N4O3. The first-order valence-corrected chi connectivity index (χ1v) is 7.92. The summed E-state index contributed by atoms with van der Waals surface area (Å²) < 4.78 is 11.2. The molecule has 4 rings (SSSR count). The van der Waals surface area contributed by atoms with Crippen LogP contribution in [0.1, 0.15) is 24.1 Å². The van der Waals surface area contributed by atoms with Crippen LogP contribution in [0.15, 0.2) is 24.4 Å². The van der Waals surface area contributed by atoms with Gasteiger partial charge in [-0.1, -0.05) is 6.07 Å². The predicted molar refractivity (Wildman–Crippen MR) is 82.2 cm³/mol. The lowest BCUT2D eigenvalue weighted by atomic mass is 9.90. The number of benzene rings is 1. The number of nitrogens with zero attached hydrogens (tertiary/aromatic N) is 3. The molecule has 0 aliphatic carbocycles. The van der Waals surface area contributed by atoms with Crippen LogP contribution in [0.4, 0.5) is 0 Å². The molecule has 23 heavy (non-hydrogen) atoms. The fourth-order valence-corrected chi connectivity index (χ4v) is 3.34. The Morgan fingerprint density at radius 1 is 1.26 bits per heavy atom. The Kier molecular flexibility index (Phi) is 3.66. The minimum absolute atomic E-state index is 0.550. The van der Waals surface area contributed by atoms with Crippen LogP contribution in [0, 0.1) is 0 Å². The Balaban J connectivity index is 1.48. The van der Waals surface area contributed by atoms with Crippen LogP contribution in [-0.2, 0) is 12.1 Å². The van der Waals surface area contributed by atoms with Crippen LogP contribution in [-0.4, -0.2) is 51.7 Å². The van der Waals surface area contributed by atoms with Crippen molar-refractivity contribution in [2.75, 3.05) is 26.3 Å². The molecule has 0 spiro atoms. The Bertz CT molecular complexity index is 676. The number of likely N-dealkylation sites (tertiary alicyclic amines) is 1. The molecule has 1 saturated heterocycles. The average Bonchev–Trinajstić information content (AvgIpc) is 3.10. The summed E-state index contributed by atoms with van der Waals surface area (Å²) in [6, 6.07) is 6.03. The number of ether oxygens (including phenoxy) is 2. The highest BCUT2D eigenvalue weighted by atomic mass is 16.6. The van der Waals surface area contributed by atoms with E-state index < -0.39 is 5.60 Å². The molecule has 0 saturated carbocycles. The summed E-state index contributed by atoms with van der Waals surface area (Å²) in [5.41, 5.74) is 0.835. The monoisotopic (exact) mass is 316 g/mol. The maximum Gasteiger partial charge on any atom is 0.161 e. The van der Waals surface area contributed by atoms with E-state index in [1.165, 1.54) is 0 Å². The van der Waals surface area contributed by atoms with Crippen LogP contribution in [0.25, 0.3) is 0 Å². The molecular weight excluding hydrogens is 296 g/mol. The Morgan fingerprint density at radius 3 is 2.96 bits per heavy atom. The van der Waals surface area contributed by atoms with Crippen LogP contribution >= 0.6 is 0 Å². The van der Waals surface area contributed by atoms with Gasteiger partial charge in [-0.25, -0.2) is 0 Å². The van der Waals surface area contributed by atoms with Gasteiger partial charge in [0.2, 0.25) is 0 Å². The van der Waals surface area contributed by atoms with Gasteiger partial charge in [-0.05, 0) is 37.1 Å². The highest BCUT2D eigenvalue weighted by molar-refractivity contribution is 5.43. The normalized spacial score (nSPS) is 24.6. The molecule has 0 bridgehead atoms. The Hall–Kier alpha value is -2.12. The zero-order valence-corrected chi connectivity index (χ0v) is 12.9. The fraction of sp³-hybridized carbons (Fsp3) is 0.500. The summed E-state index contributed by atoms with van der Waals surface area (Å²) in [7, 11) is 0. The molecule has 0 amide bonds. The van der Waals surface area contributed by atoms with E-state index in [4.69, 9.17) is 9.47 Å². The van der Waals surface area contributed by atoms with E-state index >= 15 is 0 Å². The second kappa shape index (κ2) is 5.82. The van der Waals surface area contributed by atoms with Crippen molar-refractivity contribution in [1.82, 2.24) is 20.3 Å². The van der Waals surface area contributed by atoms with E-state index in [2.05, 4.69) is 26.4 Å². The molecule has 0 radical (unpaired) electrons. The zero-order chi connectivity index (χ0) is 15.7. The number of fused-ring (bicyclic) bond motifs is 1. The topological polar surface area (TPSA) is 83.5 Å². The summed E-state index contributed by atoms with van der Waals surface area (Å²) >= 11 is 0. The van der Waals surface area contributed by atoms with Gasteiger partial charge in [0.15, 0.2) is 11.5 Å². The summed E-state index contributed by atoms with van der Waals surface area (Å²) in [6.45, 7) is 3.45. The number of aromatic nitrogens is 3. The molecule has 1 aromatic heterocycles. The number of hydrogen-bond donors (Lipinski definition) is 2. The number of H-pyrrole nitrogens is 1. The minimum Gasteiger partial charge on any atom is -0.486 e. The van der Waals surface area contributed by atoms with Gasteiger partial charge in [-0.2, -0.15) is 15.4 Å². The molecule has 2 aromatic rings. The number of aliphatic hydroxyl groups is 1. The van der Waals surface area contributed by atoms with Crippen molar-refractivity contribution in [3.05, 3.63) is 35.7 Å². The largest absolute Gasteiger partial charge is 0.486 e. The lowest BCUT2D eigenvalue weighted by Crippen LogP contribution is -2.45. The van der Waals surface area contributed by atoms with E-state index in [0.29, 0.717) is 31.9 Å². The second-order valence-corrected chi connectivity index (χ2v) is 6.18. The van der Waals surface area contributed by atoms with Crippen molar-refractivity contribution in [2.24, 2.45) is 0 Å². The van der Waals surface area contributed by atoms with Crippen molar-refractivity contribution in [3.63, 3.8) is 0 Å². The molecule has 3 heterocycles. The number of aromatic amines is 1. The first kappa shape index (κ1) is 14.5. The zero-order valence-electron chi connectivity index (χ0n) is 12.9. The third-order valence-corrected chi connectivity index (χ3v) is 4.45. The van der Waals surface area contributed by atoms with E-state index in [-0.39, 0.29) is 0 Å². The van der Waals surface area contributed by atoms with Crippen LogP contribution in [0.5, 0.6) is 11.5 Å². The van der Waals surface area contributed by atoms with Gasteiger partial charge >= 0.3 is 0 Å². The highest BCUT2D eigenvalue weighted by Crippen LogP contribution is 2.33. The molecule has 1 aromatic carbocycles. The van der Waals surface area contributed by atoms with E-state index in [9.17, 15) is 5.11 Å². The lowest BCUT2D eigenvalue weighted by molar-refractivity contribution is -0.0414. The van der Waals surface area contributed by atoms with Crippen molar-refractivity contribution < 1.29 is 14.6 Å². The first-order chi connectivity index (χ1) is 11.2. The standard InChI is InChI=1S/C16H20N4O3/c21-16(15-9-17-19-18-15)4-1-5-20(11-16)10-12-2-3-13-14(8-12)23-7-6-22-13/h2-3,8-9,21H,1,4-7,10-11H2,(H,17,18,19). The molecule has 122 valence electrons. The first-order valence-electron chi connectivity index (χ1n) is 7.92. The highest BCUT2D eigenvalue weighted by Gasteiger charge is 2.37. The van der Waals surface area contributed by atoms with E-state index in [1.807, 2.05) is 12.1 Å². The van der Waals surface area contributed by atoms with E-state index in [1.54, 1.807) is 6.20 Å². The molecule has 2 N–H and O–H groups in total. The summed E-state index contributed by atoms with van der Waals surface area (Å²) in [6.07, 6.45) is 3.23. The lowest BCUT2D eigenvalue weighted by Gasteiger charge is -2.38. The van der Waals surface area contributed by atoms with Crippen molar-refractivity contribution >= 4 is 0 Å². The van der Waals surface area contributed by atoms with Crippen molar-refractivity contribution in [3.8, 4) is 11.5 Å². The van der Waals surface area contributed by atoms with Crippen molar-refractivity contribution in [2.45, 2.75) is 25.0 Å². The van der Waals surface area contributed by atoms with Gasteiger partial charge in [0, 0.05) is 13.1 Å². The Morgan fingerprint density at radius 2 is 2.13 bits per heavy atom. The third kappa shape index (κ3) is 2.89. The predicted octanol–water partition coefficient (Wildman–Crippen LogP) is 1.06. The summed E-state index contributed by atoms with van der Waals surface area (Å²) in [5.74, 6) is 1.61. The molecule has 1 atom stereocenters. The molecule has 1 fully saturated rings. The van der Waals surface area contributed by atoms with E-state index in [0.717, 1.165) is 36.6 Å². The SMILES string of the molecule is OC1(c2cn[nH]n2)CCCN(Cc2ccc3c(c2)OCCO3)C1. The molecule has 7 nitrogen and oxygen atoms in total. The smallest absolute Gasteiger partial charge is 0.161 e. The molecule has 1 unspecified atom stereocenters. The van der Waals surface area contributed by atoms with Crippen molar-refractivity contribution in [1.29, 1.82) is 0 Å². The maximum atomic E-state index is 10.9. The quantitative estimate of drug-likeness (QED) is 0.881. The summed E-state index contributed by atoms with van der Waals surface area (Å²) in [5, 5.41) is 21.3. The van der Waals surface area contributed by atoms with Gasteiger partial charge in [0.25, 0.3) is 0 Å². The van der Waals surface area contributed by atoms with Crippen LogP contribution in [0.3, 0.4) is 0 Å². The third-order valence-electron chi connectivity index (χ3n) is 4.45.